The van der Waals surface area contributed by atoms with Gasteiger partial charge < -0.3 is 4.74 Å². The maximum atomic E-state index is 13.5. The molecule has 138 valence electrons. The van der Waals surface area contributed by atoms with E-state index in [4.69, 9.17) is 4.74 Å². The van der Waals surface area contributed by atoms with Crippen molar-refractivity contribution in [2.45, 2.75) is 5.92 Å². The van der Waals surface area contributed by atoms with Crippen LogP contribution in [0.25, 0.3) is 10.9 Å². The first-order chi connectivity index (χ1) is 13.7. The summed E-state index contributed by atoms with van der Waals surface area (Å²) < 4.78 is 6.81. The molecule has 0 saturated heterocycles. The molecule has 0 N–H and O–H groups in total. The van der Waals surface area contributed by atoms with Crippen molar-refractivity contribution in [3.8, 4) is 5.75 Å². The minimum atomic E-state index is -0.915. The molecule has 0 fully saturated rings. The van der Waals surface area contributed by atoms with Crippen molar-refractivity contribution in [1.82, 2.24) is 4.57 Å². The van der Waals surface area contributed by atoms with Crippen LogP contribution in [0.4, 0.5) is 0 Å². The van der Waals surface area contributed by atoms with Gasteiger partial charge in [0.25, 0.3) is 0 Å². The lowest BCUT2D eigenvalue weighted by atomic mass is 9.89. The quantitative estimate of drug-likeness (QED) is 0.369. The average Bonchev–Trinajstić information content (AvgIpc) is 3.18. The number of hydrogen-bond donors (Lipinski definition) is 0. The maximum absolute atomic E-state index is 13.5. The molecule has 0 aliphatic carbocycles. The van der Waals surface area contributed by atoms with Crippen LogP contribution in [-0.4, -0.2) is 23.4 Å². The second-order valence-corrected chi connectivity index (χ2v) is 6.52. The van der Waals surface area contributed by atoms with Crippen LogP contribution in [-0.2, 0) is 0 Å². The van der Waals surface area contributed by atoms with E-state index in [1.807, 2.05) is 60.7 Å². The number of benzene rings is 3. The first-order valence-corrected chi connectivity index (χ1v) is 9.02. The molecule has 28 heavy (non-hydrogen) atoms. The lowest BCUT2D eigenvalue weighted by Crippen LogP contribution is -2.26. The molecule has 0 saturated carbocycles. The van der Waals surface area contributed by atoms with Crippen molar-refractivity contribution in [3.63, 3.8) is 0 Å². The van der Waals surface area contributed by atoms with Gasteiger partial charge in [-0.2, -0.15) is 0 Å². The Kier molecular flexibility index (Phi) is 4.77. The Morgan fingerprint density at radius 1 is 0.857 bits per heavy atom. The third-order valence-corrected chi connectivity index (χ3v) is 4.84. The van der Waals surface area contributed by atoms with Crippen LogP contribution in [0.15, 0.2) is 91.1 Å². The first-order valence-electron chi connectivity index (χ1n) is 9.02. The van der Waals surface area contributed by atoms with Gasteiger partial charge >= 0.3 is 0 Å². The van der Waals surface area contributed by atoms with E-state index in [2.05, 4.69) is 0 Å². The van der Waals surface area contributed by atoms with Crippen molar-refractivity contribution in [3.05, 3.63) is 102 Å². The van der Waals surface area contributed by atoms with Crippen LogP contribution in [0.5, 0.6) is 5.75 Å². The number of fused-ring (bicyclic) bond motifs is 1. The number of carbonyl (C=O) groups is 2. The van der Waals surface area contributed by atoms with Crippen molar-refractivity contribution >= 4 is 22.6 Å². The van der Waals surface area contributed by atoms with E-state index in [0.717, 1.165) is 16.7 Å². The number of rotatable bonds is 5. The van der Waals surface area contributed by atoms with E-state index in [-0.39, 0.29) is 11.7 Å². The lowest BCUT2D eigenvalue weighted by molar-refractivity contribution is 0.0811. The van der Waals surface area contributed by atoms with Crippen LogP contribution in [0.3, 0.4) is 0 Å². The smallest absolute Gasteiger partial charge is 0.246 e. The van der Waals surface area contributed by atoms with Crippen LogP contribution >= 0.6 is 0 Å². The zero-order valence-corrected chi connectivity index (χ0v) is 15.4. The highest BCUT2D eigenvalue weighted by atomic mass is 16.5. The molecule has 1 unspecified atom stereocenters. The minimum Gasteiger partial charge on any atom is -0.497 e. The van der Waals surface area contributed by atoms with E-state index in [9.17, 15) is 9.59 Å². The molecular weight excluding hydrogens is 350 g/mol. The average molecular weight is 369 g/mol. The SMILES string of the molecule is COc1ccc2c(ccn2C(=O)C(C(=O)c2ccccc2)c2ccccc2)c1. The lowest BCUT2D eigenvalue weighted by Gasteiger charge is -2.17. The highest BCUT2D eigenvalue weighted by Crippen LogP contribution is 2.27. The molecule has 4 aromatic rings. The fourth-order valence-electron chi connectivity index (χ4n) is 3.40. The van der Waals surface area contributed by atoms with Crippen LogP contribution in [0.1, 0.15) is 26.6 Å². The minimum absolute atomic E-state index is 0.216. The topological polar surface area (TPSA) is 48.3 Å². The van der Waals surface area contributed by atoms with Gasteiger partial charge in [0.15, 0.2) is 5.78 Å². The molecule has 4 nitrogen and oxygen atoms in total. The Hall–Kier alpha value is -3.66. The molecule has 1 atom stereocenters. The summed E-state index contributed by atoms with van der Waals surface area (Å²) >= 11 is 0. The number of nitrogens with zero attached hydrogens (tertiary/aromatic N) is 1. The van der Waals surface area contributed by atoms with Gasteiger partial charge in [-0.05, 0) is 29.8 Å². The van der Waals surface area contributed by atoms with Gasteiger partial charge in [0, 0.05) is 17.1 Å². The number of ether oxygens (including phenoxy) is 1. The van der Waals surface area contributed by atoms with E-state index in [0.29, 0.717) is 11.1 Å². The van der Waals surface area contributed by atoms with Crippen molar-refractivity contribution < 1.29 is 14.3 Å². The standard InChI is InChI=1S/C24H19NO3/c1-28-20-12-13-21-19(16-20)14-15-25(21)24(27)22(17-8-4-2-5-9-17)23(26)18-10-6-3-7-11-18/h2-16,22H,1H3. The van der Waals surface area contributed by atoms with E-state index in [1.165, 1.54) is 0 Å². The van der Waals surface area contributed by atoms with Gasteiger partial charge in [0.1, 0.15) is 11.7 Å². The van der Waals surface area contributed by atoms with Gasteiger partial charge in [-0.15, -0.1) is 0 Å². The number of Topliss-reactive ketones (excluding diaryl/α,β-unsaturated/α-hetero) is 1. The molecule has 1 heterocycles. The Labute approximate surface area is 163 Å². The monoisotopic (exact) mass is 369 g/mol. The zero-order chi connectivity index (χ0) is 19.5. The van der Waals surface area contributed by atoms with E-state index >= 15 is 0 Å². The summed E-state index contributed by atoms with van der Waals surface area (Å²) in [5.74, 6) is -0.689. The second-order valence-electron chi connectivity index (χ2n) is 6.52. The summed E-state index contributed by atoms with van der Waals surface area (Å²) in [5, 5.41) is 0.881. The van der Waals surface area contributed by atoms with Crippen molar-refractivity contribution in [2.75, 3.05) is 7.11 Å². The number of ketones is 1. The Bertz CT molecular complexity index is 1130. The molecule has 0 radical (unpaired) electrons. The molecule has 0 aliphatic heterocycles. The number of carbonyl (C=O) groups excluding carboxylic acids is 2. The second kappa shape index (κ2) is 7.53. The van der Waals surface area contributed by atoms with E-state index < -0.39 is 5.92 Å². The van der Waals surface area contributed by atoms with Gasteiger partial charge in [-0.25, -0.2) is 0 Å². The number of hydrogen-bond acceptors (Lipinski definition) is 3. The van der Waals surface area contributed by atoms with Crippen molar-refractivity contribution in [1.29, 1.82) is 0 Å². The summed E-state index contributed by atoms with van der Waals surface area (Å²) in [6.07, 6.45) is 1.71. The summed E-state index contributed by atoms with van der Waals surface area (Å²) in [6, 6.07) is 25.5. The molecule has 1 aromatic heterocycles. The fourth-order valence-corrected chi connectivity index (χ4v) is 3.40. The molecule has 3 aromatic carbocycles. The summed E-state index contributed by atoms with van der Waals surface area (Å²) in [6.45, 7) is 0. The van der Waals surface area contributed by atoms with Crippen LogP contribution < -0.4 is 4.74 Å². The maximum Gasteiger partial charge on any atom is 0.246 e. The van der Waals surface area contributed by atoms with Gasteiger partial charge in [-0.1, -0.05) is 60.7 Å². The zero-order valence-electron chi connectivity index (χ0n) is 15.4. The molecule has 4 rings (SSSR count). The van der Waals surface area contributed by atoms with Crippen LogP contribution in [0, 0.1) is 0 Å². The molecule has 0 aliphatic rings. The molecular formula is C24H19NO3. The van der Waals surface area contributed by atoms with Crippen molar-refractivity contribution in [2.24, 2.45) is 0 Å². The summed E-state index contributed by atoms with van der Waals surface area (Å²) in [7, 11) is 1.60. The van der Waals surface area contributed by atoms with Crippen LogP contribution in [0.2, 0.25) is 0 Å². The number of aromatic nitrogens is 1. The molecule has 0 spiro atoms. The molecule has 4 heteroatoms. The highest BCUT2D eigenvalue weighted by Gasteiger charge is 2.31. The molecule has 0 amide bonds. The third kappa shape index (κ3) is 3.21. The van der Waals surface area contributed by atoms with E-state index in [1.54, 1.807) is 42.1 Å². The summed E-state index contributed by atoms with van der Waals surface area (Å²) in [4.78, 5) is 26.8. The predicted molar refractivity (Wildman–Crippen MR) is 109 cm³/mol. The van der Waals surface area contributed by atoms with Gasteiger partial charge in [0.2, 0.25) is 5.91 Å². The Balaban J connectivity index is 1.81. The number of methoxy groups -OCH3 is 1. The normalized spacial score (nSPS) is 11.9. The predicted octanol–water partition coefficient (Wildman–Crippen LogP) is 4.96. The largest absolute Gasteiger partial charge is 0.497 e. The van der Waals surface area contributed by atoms with Gasteiger partial charge in [0.05, 0.1) is 12.6 Å². The third-order valence-electron chi connectivity index (χ3n) is 4.84. The molecule has 0 bridgehead atoms. The fraction of sp³-hybridized carbons (Fsp3) is 0.0833. The Morgan fingerprint density at radius 2 is 1.54 bits per heavy atom. The highest BCUT2D eigenvalue weighted by molar-refractivity contribution is 6.16. The Morgan fingerprint density at radius 3 is 2.21 bits per heavy atom. The summed E-state index contributed by atoms with van der Waals surface area (Å²) in [5.41, 5.74) is 1.94. The van der Waals surface area contributed by atoms with Gasteiger partial charge in [-0.3, -0.25) is 14.2 Å². The first kappa shape index (κ1) is 17.7.